The second-order valence-corrected chi connectivity index (χ2v) is 8.87. The molecule has 9 heteroatoms. The monoisotopic (exact) mass is 558 g/mol. The first-order chi connectivity index (χ1) is 15.9. The quantitative estimate of drug-likeness (QED) is 0.259. The van der Waals surface area contributed by atoms with Gasteiger partial charge in [0.1, 0.15) is 11.6 Å². The fourth-order valence-electron chi connectivity index (χ4n) is 3.70. The SMILES string of the molecule is CCN(CC)CCCC(C)Nc1nc(/C=C/c2ccc(Cl)cc2Cl)nc2ccc(OC)cc12.Cl.Cl. The Balaban J connectivity index is 0.00000306. The number of nitrogens with zero attached hydrogens (tertiary/aromatic N) is 3. The topological polar surface area (TPSA) is 50.3 Å². The number of ether oxygens (including phenoxy) is 1. The van der Waals surface area contributed by atoms with Crippen LogP contribution in [-0.2, 0) is 0 Å². The number of nitrogens with one attached hydrogen (secondary N) is 1. The molecule has 3 rings (SSSR count). The molecular weight excluding hydrogens is 526 g/mol. The van der Waals surface area contributed by atoms with E-state index in [-0.39, 0.29) is 30.9 Å². The smallest absolute Gasteiger partial charge is 0.154 e. The van der Waals surface area contributed by atoms with Crippen LogP contribution < -0.4 is 10.1 Å². The molecule has 5 nitrogen and oxygen atoms in total. The van der Waals surface area contributed by atoms with E-state index in [0.717, 1.165) is 60.5 Å². The molecule has 0 spiro atoms. The summed E-state index contributed by atoms with van der Waals surface area (Å²) in [6.45, 7) is 9.88. The summed E-state index contributed by atoms with van der Waals surface area (Å²) in [6, 6.07) is 11.5. The van der Waals surface area contributed by atoms with E-state index >= 15 is 0 Å². The highest BCUT2D eigenvalue weighted by Crippen LogP contribution is 2.27. The average Bonchev–Trinajstić information content (AvgIpc) is 2.81. The first-order valence-corrected chi connectivity index (χ1v) is 12.2. The Morgan fingerprint density at radius 1 is 1.03 bits per heavy atom. The Morgan fingerprint density at radius 3 is 2.43 bits per heavy atom. The number of rotatable bonds is 11. The third-order valence-electron chi connectivity index (χ3n) is 5.68. The number of fused-ring (bicyclic) bond motifs is 1. The van der Waals surface area contributed by atoms with Gasteiger partial charge in [0.05, 0.1) is 12.6 Å². The lowest BCUT2D eigenvalue weighted by atomic mass is 10.1. The highest BCUT2D eigenvalue weighted by molar-refractivity contribution is 6.35. The van der Waals surface area contributed by atoms with Crippen LogP contribution in [0, 0.1) is 0 Å². The highest BCUT2D eigenvalue weighted by Gasteiger charge is 2.12. The van der Waals surface area contributed by atoms with Crippen LogP contribution in [0.15, 0.2) is 36.4 Å². The summed E-state index contributed by atoms with van der Waals surface area (Å²) >= 11 is 12.3. The molecule has 0 aliphatic heterocycles. The molecule has 35 heavy (non-hydrogen) atoms. The van der Waals surface area contributed by atoms with Crippen LogP contribution in [0.4, 0.5) is 5.82 Å². The number of hydrogen-bond acceptors (Lipinski definition) is 5. The van der Waals surface area contributed by atoms with Crippen molar-refractivity contribution in [3.63, 3.8) is 0 Å². The fourth-order valence-corrected chi connectivity index (χ4v) is 4.18. The van der Waals surface area contributed by atoms with Crippen molar-refractivity contribution in [2.75, 3.05) is 32.1 Å². The molecule has 192 valence electrons. The first-order valence-electron chi connectivity index (χ1n) is 11.4. The Labute approximate surface area is 231 Å². The summed E-state index contributed by atoms with van der Waals surface area (Å²) in [5.41, 5.74) is 1.71. The van der Waals surface area contributed by atoms with Gasteiger partial charge in [0.2, 0.25) is 0 Å². The Kier molecular flexibility index (Phi) is 13.7. The molecular formula is C26H34Cl4N4O. The maximum atomic E-state index is 6.31. The second kappa shape index (κ2) is 15.4. The minimum Gasteiger partial charge on any atom is -0.497 e. The van der Waals surface area contributed by atoms with Gasteiger partial charge >= 0.3 is 0 Å². The van der Waals surface area contributed by atoms with Gasteiger partial charge in [-0.3, -0.25) is 0 Å². The van der Waals surface area contributed by atoms with Crippen LogP contribution in [0.2, 0.25) is 10.0 Å². The van der Waals surface area contributed by atoms with Gasteiger partial charge < -0.3 is 15.0 Å². The molecule has 0 saturated heterocycles. The van der Waals surface area contributed by atoms with Crippen molar-refractivity contribution in [3.05, 3.63) is 57.8 Å². The molecule has 2 aromatic carbocycles. The largest absolute Gasteiger partial charge is 0.497 e. The molecule has 0 aliphatic carbocycles. The molecule has 0 amide bonds. The molecule has 0 saturated carbocycles. The molecule has 0 aliphatic rings. The van der Waals surface area contributed by atoms with Gasteiger partial charge in [0.15, 0.2) is 5.82 Å². The van der Waals surface area contributed by atoms with Crippen LogP contribution in [0.3, 0.4) is 0 Å². The summed E-state index contributed by atoms with van der Waals surface area (Å²) in [7, 11) is 1.66. The number of halogens is 4. The van der Waals surface area contributed by atoms with Gasteiger partial charge in [-0.05, 0) is 87.4 Å². The summed E-state index contributed by atoms with van der Waals surface area (Å²) in [4.78, 5) is 12.0. The van der Waals surface area contributed by atoms with Gasteiger partial charge in [0, 0.05) is 21.5 Å². The number of anilines is 1. The van der Waals surface area contributed by atoms with E-state index in [2.05, 4.69) is 31.0 Å². The normalized spacial score (nSPS) is 11.9. The van der Waals surface area contributed by atoms with Crippen molar-refractivity contribution in [3.8, 4) is 5.75 Å². The highest BCUT2D eigenvalue weighted by atomic mass is 35.5. The summed E-state index contributed by atoms with van der Waals surface area (Å²) < 4.78 is 5.43. The molecule has 0 radical (unpaired) electrons. The van der Waals surface area contributed by atoms with E-state index in [0.29, 0.717) is 15.9 Å². The Bertz CT molecular complexity index is 1110. The number of benzene rings is 2. The summed E-state index contributed by atoms with van der Waals surface area (Å²) in [5, 5.41) is 5.73. The maximum Gasteiger partial charge on any atom is 0.154 e. The lowest BCUT2D eigenvalue weighted by Gasteiger charge is -2.20. The van der Waals surface area contributed by atoms with Crippen LogP contribution in [0.5, 0.6) is 5.75 Å². The van der Waals surface area contributed by atoms with Gasteiger partial charge in [-0.15, -0.1) is 24.8 Å². The average molecular weight is 560 g/mol. The van der Waals surface area contributed by atoms with E-state index in [9.17, 15) is 0 Å². The predicted molar refractivity (Wildman–Crippen MR) is 156 cm³/mol. The predicted octanol–water partition coefficient (Wildman–Crippen LogP) is 7.88. The van der Waals surface area contributed by atoms with Crippen molar-refractivity contribution < 1.29 is 4.74 Å². The molecule has 3 aromatic rings. The van der Waals surface area contributed by atoms with Crippen molar-refractivity contribution >= 4 is 76.9 Å². The van der Waals surface area contributed by atoms with Crippen molar-refractivity contribution in [2.24, 2.45) is 0 Å². The first kappa shape index (κ1) is 31.3. The van der Waals surface area contributed by atoms with Crippen molar-refractivity contribution in [2.45, 2.75) is 39.7 Å². The van der Waals surface area contributed by atoms with E-state index in [1.54, 1.807) is 13.2 Å². The van der Waals surface area contributed by atoms with Crippen LogP contribution in [0.25, 0.3) is 23.1 Å². The van der Waals surface area contributed by atoms with Crippen LogP contribution in [-0.4, -0.2) is 47.7 Å². The number of aromatic nitrogens is 2. The van der Waals surface area contributed by atoms with Gasteiger partial charge in [0.25, 0.3) is 0 Å². The van der Waals surface area contributed by atoms with Crippen LogP contribution in [0.1, 0.15) is 45.0 Å². The third-order valence-corrected chi connectivity index (χ3v) is 6.25. The zero-order valence-corrected chi connectivity index (χ0v) is 23.7. The van der Waals surface area contributed by atoms with E-state index in [4.69, 9.17) is 37.9 Å². The molecule has 0 bridgehead atoms. The standard InChI is InChI=1S/C26H32Cl2N4O.2ClH/c1-5-32(6-2)15-7-8-18(3)29-26-22-17-21(33-4)12-13-24(22)30-25(31-26)14-10-19-9-11-20(27)16-23(19)28;;/h9-14,16-18H,5-8,15H2,1-4H3,(H,29,30,31);2*1H/b14-10+;;. The lowest BCUT2D eigenvalue weighted by molar-refractivity contribution is 0.295. The Hall–Kier alpha value is -1.76. The van der Waals surface area contributed by atoms with Crippen molar-refractivity contribution in [1.29, 1.82) is 0 Å². The van der Waals surface area contributed by atoms with E-state index in [1.165, 1.54) is 0 Å². The number of methoxy groups -OCH3 is 1. The van der Waals surface area contributed by atoms with Gasteiger partial charge in [-0.2, -0.15) is 0 Å². The molecule has 1 unspecified atom stereocenters. The zero-order chi connectivity index (χ0) is 23.8. The maximum absolute atomic E-state index is 6.31. The molecule has 0 fully saturated rings. The zero-order valence-electron chi connectivity index (χ0n) is 20.6. The second-order valence-electron chi connectivity index (χ2n) is 8.03. The van der Waals surface area contributed by atoms with Gasteiger partial charge in [-0.1, -0.05) is 43.1 Å². The Morgan fingerprint density at radius 2 is 1.77 bits per heavy atom. The molecule has 1 heterocycles. The molecule has 1 atom stereocenters. The minimum absolute atomic E-state index is 0. The van der Waals surface area contributed by atoms with Gasteiger partial charge in [-0.25, -0.2) is 9.97 Å². The third kappa shape index (κ3) is 9.00. The van der Waals surface area contributed by atoms with E-state index < -0.39 is 0 Å². The van der Waals surface area contributed by atoms with E-state index in [1.807, 2.05) is 42.5 Å². The molecule has 1 aromatic heterocycles. The molecule has 1 N–H and O–H groups in total. The minimum atomic E-state index is 0. The summed E-state index contributed by atoms with van der Waals surface area (Å²) in [6.07, 6.45) is 5.96. The fraction of sp³-hybridized carbons (Fsp3) is 0.385. The lowest BCUT2D eigenvalue weighted by Crippen LogP contribution is -2.25. The van der Waals surface area contributed by atoms with Crippen LogP contribution >= 0.6 is 48.0 Å². The van der Waals surface area contributed by atoms with Crippen molar-refractivity contribution in [1.82, 2.24) is 14.9 Å². The summed E-state index contributed by atoms with van der Waals surface area (Å²) in [5.74, 6) is 2.19. The number of hydrogen-bond donors (Lipinski definition) is 1.